The summed E-state index contributed by atoms with van der Waals surface area (Å²) in [7, 11) is 0. The average molecular weight is 541 g/mol. The van der Waals surface area contributed by atoms with Gasteiger partial charge in [-0.2, -0.15) is 5.26 Å². The number of rotatable bonds is 9. The van der Waals surface area contributed by atoms with Crippen LogP contribution >= 0.6 is 11.3 Å². The van der Waals surface area contributed by atoms with Gasteiger partial charge in [0, 0.05) is 23.2 Å². The van der Waals surface area contributed by atoms with Crippen LogP contribution in [0.15, 0.2) is 60.7 Å². The molecule has 0 saturated heterocycles. The third-order valence-electron chi connectivity index (χ3n) is 6.35. The molecule has 10 heteroatoms. The number of ether oxygens (including phenoxy) is 1. The van der Waals surface area contributed by atoms with E-state index >= 15 is 0 Å². The van der Waals surface area contributed by atoms with Gasteiger partial charge in [0.2, 0.25) is 5.91 Å². The number of hydrogen-bond donors (Lipinski definition) is 3. The highest BCUT2D eigenvalue weighted by Gasteiger charge is 2.30. The van der Waals surface area contributed by atoms with Gasteiger partial charge in [0.15, 0.2) is 5.13 Å². The van der Waals surface area contributed by atoms with Gasteiger partial charge in [0.1, 0.15) is 17.1 Å². The van der Waals surface area contributed by atoms with Crippen molar-refractivity contribution >= 4 is 50.2 Å². The molecule has 4 aromatic rings. The van der Waals surface area contributed by atoms with Crippen LogP contribution in [0.5, 0.6) is 11.5 Å². The van der Waals surface area contributed by atoms with Crippen LogP contribution in [0.2, 0.25) is 0 Å². The van der Waals surface area contributed by atoms with Crippen LogP contribution < -0.4 is 15.4 Å². The normalized spacial score (nSPS) is 13.3. The molecule has 196 valence electrons. The van der Waals surface area contributed by atoms with Crippen molar-refractivity contribution in [2.75, 3.05) is 10.6 Å². The minimum absolute atomic E-state index is 0.00244. The number of carbonyl (C=O) groups excluding carboxylic acids is 2. The van der Waals surface area contributed by atoms with Gasteiger partial charge in [-0.05, 0) is 61.2 Å². The molecule has 5 rings (SSSR count). The maximum absolute atomic E-state index is 12.9. The quantitative estimate of drug-likeness (QED) is 0.223. The molecule has 1 aliphatic rings. The van der Waals surface area contributed by atoms with E-state index in [4.69, 9.17) is 4.74 Å². The summed E-state index contributed by atoms with van der Waals surface area (Å²) in [6, 6.07) is 19.0. The number of aromatic nitrogens is 1. The first-order valence-electron chi connectivity index (χ1n) is 12.4. The second-order valence-electron chi connectivity index (χ2n) is 9.17. The first-order chi connectivity index (χ1) is 18.9. The summed E-state index contributed by atoms with van der Waals surface area (Å²) in [5, 5.41) is 25.2. The minimum atomic E-state index is -1.19. The fraction of sp³-hybridized carbons (Fsp3) is 0.207. The molecule has 1 fully saturated rings. The molecule has 1 heterocycles. The van der Waals surface area contributed by atoms with Crippen molar-refractivity contribution in [3.8, 4) is 17.6 Å². The molecule has 2 amide bonds. The van der Waals surface area contributed by atoms with E-state index in [0.717, 1.165) is 29.7 Å². The largest absolute Gasteiger partial charge is 0.478 e. The number of benzene rings is 3. The van der Waals surface area contributed by atoms with Crippen molar-refractivity contribution in [3.63, 3.8) is 0 Å². The number of nitrogens with zero attached hydrogens (tertiary/aromatic N) is 2. The number of nitriles is 1. The van der Waals surface area contributed by atoms with Crippen molar-refractivity contribution in [3.05, 3.63) is 77.4 Å². The second kappa shape index (κ2) is 10.9. The van der Waals surface area contributed by atoms with Gasteiger partial charge in [-0.1, -0.05) is 36.5 Å². The lowest BCUT2D eigenvalue weighted by Gasteiger charge is -2.12. The molecule has 3 aromatic carbocycles. The molecule has 9 nitrogen and oxygen atoms in total. The summed E-state index contributed by atoms with van der Waals surface area (Å²) in [4.78, 5) is 41.6. The SMILES string of the molecule is CCC(C#N)c1cccc(C(=O)Nc2cccc(Oc3ccc4nc(NC(=O)C5CC5)sc4c3C(=O)O)c2)c1. The first kappa shape index (κ1) is 25.9. The van der Waals surface area contributed by atoms with E-state index in [0.29, 0.717) is 38.8 Å². The monoisotopic (exact) mass is 540 g/mol. The number of nitrogens with one attached hydrogen (secondary N) is 2. The Labute approximate surface area is 228 Å². The molecular weight excluding hydrogens is 516 g/mol. The average Bonchev–Trinajstić information content (AvgIpc) is 3.70. The molecule has 1 saturated carbocycles. The number of thiazole rings is 1. The Hall–Kier alpha value is -4.75. The van der Waals surface area contributed by atoms with Gasteiger partial charge in [-0.3, -0.25) is 9.59 Å². The molecule has 39 heavy (non-hydrogen) atoms. The number of anilines is 2. The Kier molecular flexibility index (Phi) is 7.25. The zero-order valence-corrected chi connectivity index (χ0v) is 21.7. The molecule has 1 aliphatic carbocycles. The van der Waals surface area contributed by atoms with Crippen LogP contribution in [0.25, 0.3) is 10.2 Å². The molecule has 0 radical (unpaired) electrons. The maximum atomic E-state index is 12.9. The maximum Gasteiger partial charge on any atom is 0.341 e. The number of carbonyl (C=O) groups is 3. The molecule has 0 bridgehead atoms. The highest BCUT2D eigenvalue weighted by Crippen LogP contribution is 2.38. The van der Waals surface area contributed by atoms with Crippen molar-refractivity contribution in [1.82, 2.24) is 4.98 Å². The van der Waals surface area contributed by atoms with Crippen LogP contribution in [0.3, 0.4) is 0 Å². The first-order valence-corrected chi connectivity index (χ1v) is 13.2. The van der Waals surface area contributed by atoms with Crippen molar-refractivity contribution in [2.24, 2.45) is 5.92 Å². The van der Waals surface area contributed by atoms with Crippen LogP contribution in [0.4, 0.5) is 10.8 Å². The molecule has 3 N–H and O–H groups in total. The predicted molar refractivity (Wildman–Crippen MR) is 147 cm³/mol. The summed E-state index contributed by atoms with van der Waals surface area (Å²) in [6.45, 7) is 1.92. The molecule has 0 aliphatic heterocycles. The number of hydrogen-bond acceptors (Lipinski definition) is 7. The lowest BCUT2D eigenvalue weighted by molar-refractivity contribution is -0.117. The fourth-order valence-electron chi connectivity index (χ4n) is 4.13. The standard InChI is InChI=1S/C29H24N4O5S/c1-2-16(15-30)18-5-3-6-19(13-18)27(35)31-20-7-4-8-21(14-20)38-23-12-11-22-25(24(23)28(36)37)39-29(32-22)33-26(34)17-9-10-17/h3-8,11-14,16-17H,2,9-10H2,1H3,(H,31,35)(H,36,37)(H,32,33,34). The Balaban J connectivity index is 1.36. The zero-order chi connectivity index (χ0) is 27.5. The van der Waals surface area contributed by atoms with E-state index in [9.17, 15) is 24.8 Å². The second-order valence-corrected chi connectivity index (χ2v) is 10.2. The number of carboxylic acids is 1. The summed E-state index contributed by atoms with van der Waals surface area (Å²) in [6.07, 6.45) is 2.34. The van der Waals surface area contributed by atoms with E-state index in [2.05, 4.69) is 21.7 Å². The van der Waals surface area contributed by atoms with Crippen molar-refractivity contribution in [1.29, 1.82) is 5.26 Å². The lowest BCUT2D eigenvalue weighted by atomic mass is 9.96. The zero-order valence-electron chi connectivity index (χ0n) is 20.9. The molecule has 1 unspecified atom stereocenters. The highest BCUT2D eigenvalue weighted by atomic mass is 32.1. The molecule has 0 spiro atoms. The number of amides is 2. The summed E-state index contributed by atoms with van der Waals surface area (Å²) >= 11 is 1.08. The van der Waals surface area contributed by atoms with Gasteiger partial charge >= 0.3 is 5.97 Å². The van der Waals surface area contributed by atoms with E-state index in [1.165, 1.54) is 6.07 Å². The van der Waals surface area contributed by atoms with Gasteiger partial charge < -0.3 is 20.5 Å². The third-order valence-corrected chi connectivity index (χ3v) is 7.35. The van der Waals surface area contributed by atoms with Gasteiger partial charge in [-0.25, -0.2) is 9.78 Å². The number of fused-ring (bicyclic) bond motifs is 1. The Morgan fingerprint density at radius 2 is 1.92 bits per heavy atom. The van der Waals surface area contributed by atoms with Crippen LogP contribution in [0.1, 0.15) is 58.4 Å². The van der Waals surface area contributed by atoms with Crippen LogP contribution in [0, 0.1) is 17.2 Å². The highest BCUT2D eigenvalue weighted by molar-refractivity contribution is 7.22. The summed E-state index contributed by atoms with van der Waals surface area (Å²) < 4.78 is 6.34. The fourth-order valence-corrected chi connectivity index (χ4v) is 5.13. The van der Waals surface area contributed by atoms with Gasteiger partial charge in [0.05, 0.1) is 22.2 Å². The molecule has 1 atom stereocenters. The predicted octanol–water partition coefficient (Wildman–Crippen LogP) is 6.40. The van der Waals surface area contributed by atoms with Crippen molar-refractivity contribution in [2.45, 2.75) is 32.1 Å². The third kappa shape index (κ3) is 5.73. The molecule has 1 aromatic heterocycles. The van der Waals surface area contributed by atoms with Gasteiger partial charge in [0.25, 0.3) is 5.91 Å². The van der Waals surface area contributed by atoms with E-state index in [-0.39, 0.29) is 35.0 Å². The Morgan fingerprint density at radius 3 is 2.64 bits per heavy atom. The Bertz CT molecular complexity index is 1640. The van der Waals surface area contributed by atoms with Gasteiger partial charge in [-0.15, -0.1) is 0 Å². The van der Waals surface area contributed by atoms with Crippen LogP contribution in [-0.4, -0.2) is 27.9 Å². The van der Waals surface area contributed by atoms with Crippen LogP contribution in [-0.2, 0) is 4.79 Å². The lowest BCUT2D eigenvalue weighted by Crippen LogP contribution is -2.12. The Morgan fingerprint density at radius 1 is 1.13 bits per heavy atom. The number of aromatic carboxylic acids is 1. The smallest absolute Gasteiger partial charge is 0.341 e. The van der Waals surface area contributed by atoms with Crippen molar-refractivity contribution < 1.29 is 24.2 Å². The van der Waals surface area contributed by atoms with E-state index < -0.39 is 5.97 Å². The van der Waals surface area contributed by atoms with E-state index in [1.807, 2.05) is 13.0 Å². The molecular formula is C29H24N4O5S. The minimum Gasteiger partial charge on any atom is -0.478 e. The summed E-state index contributed by atoms with van der Waals surface area (Å²) in [5.41, 5.74) is 2.03. The number of carboxylic acid groups (broad SMARTS) is 1. The topological polar surface area (TPSA) is 141 Å². The van der Waals surface area contributed by atoms with E-state index in [1.54, 1.807) is 48.5 Å². The summed E-state index contributed by atoms with van der Waals surface area (Å²) in [5.74, 6) is -1.51.